The van der Waals surface area contributed by atoms with Crippen LogP contribution < -0.4 is 10.1 Å². The summed E-state index contributed by atoms with van der Waals surface area (Å²) in [5.74, 6) is 0.734. The van der Waals surface area contributed by atoms with E-state index in [0.29, 0.717) is 6.04 Å². The minimum Gasteiger partial charge on any atom is -0.481 e. The smallest absolute Gasteiger partial charge is 0.260 e. The van der Waals surface area contributed by atoms with Crippen molar-refractivity contribution in [3.8, 4) is 5.75 Å². The van der Waals surface area contributed by atoms with E-state index in [0.717, 1.165) is 18.6 Å². The highest BCUT2D eigenvalue weighted by atomic mass is 16.5. The average Bonchev–Trinajstić information content (AvgIpc) is 3.07. The van der Waals surface area contributed by atoms with Crippen molar-refractivity contribution in [2.45, 2.75) is 45.8 Å². The van der Waals surface area contributed by atoms with Crippen LogP contribution in [0.5, 0.6) is 5.75 Å². The van der Waals surface area contributed by atoms with E-state index in [1.165, 1.54) is 11.1 Å². The number of ether oxygens (including phenoxy) is 1. The summed E-state index contributed by atoms with van der Waals surface area (Å²) >= 11 is 0. The molecule has 0 bridgehead atoms. The second-order valence-electron chi connectivity index (χ2n) is 4.79. The van der Waals surface area contributed by atoms with Gasteiger partial charge in [0.15, 0.2) is 6.10 Å². The van der Waals surface area contributed by atoms with E-state index in [2.05, 4.69) is 12.2 Å². The molecule has 0 radical (unpaired) electrons. The SMILES string of the molecule is Cc1ccc(O[C@H](C)C(=O)NC2CC2)cc1C. The lowest BCUT2D eigenvalue weighted by molar-refractivity contribution is -0.127. The van der Waals surface area contributed by atoms with E-state index >= 15 is 0 Å². The summed E-state index contributed by atoms with van der Waals surface area (Å²) in [7, 11) is 0. The molecule has 1 aromatic carbocycles. The highest BCUT2D eigenvalue weighted by Crippen LogP contribution is 2.20. The minimum atomic E-state index is -0.433. The van der Waals surface area contributed by atoms with E-state index < -0.39 is 6.10 Å². The van der Waals surface area contributed by atoms with Crippen LogP contribution in [-0.2, 0) is 4.79 Å². The van der Waals surface area contributed by atoms with Crippen LogP contribution in [0.4, 0.5) is 0 Å². The molecule has 1 amide bonds. The molecule has 0 aliphatic heterocycles. The Labute approximate surface area is 102 Å². The van der Waals surface area contributed by atoms with Gasteiger partial charge in [-0.15, -0.1) is 0 Å². The van der Waals surface area contributed by atoms with Gasteiger partial charge in [-0.05, 0) is 56.9 Å². The first-order valence-electron chi connectivity index (χ1n) is 6.10. The van der Waals surface area contributed by atoms with Gasteiger partial charge in [-0.2, -0.15) is 0 Å². The number of rotatable bonds is 4. The number of benzene rings is 1. The van der Waals surface area contributed by atoms with E-state index in [1.54, 1.807) is 6.92 Å². The summed E-state index contributed by atoms with van der Waals surface area (Å²) < 4.78 is 5.63. The zero-order valence-corrected chi connectivity index (χ0v) is 10.6. The Morgan fingerprint density at radius 1 is 1.35 bits per heavy atom. The fourth-order valence-corrected chi connectivity index (χ4v) is 1.59. The molecule has 0 spiro atoms. The molecule has 17 heavy (non-hydrogen) atoms. The summed E-state index contributed by atoms with van der Waals surface area (Å²) in [6.07, 6.45) is 1.77. The second kappa shape index (κ2) is 4.78. The number of nitrogens with one attached hydrogen (secondary N) is 1. The molecule has 1 aliphatic carbocycles. The first-order chi connectivity index (χ1) is 8.06. The van der Waals surface area contributed by atoms with Crippen LogP contribution in [0.2, 0.25) is 0 Å². The lowest BCUT2D eigenvalue weighted by Crippen LogP contribution is -2.37. The molecular weight excluding hydrogens is 214 g/mol. The number of amides is 1. The summed E-state index contributed by atoms with van der Waals surface area (Å²) in [6, 6.07) is 6.27. The van der Waals surface area contributed by atoms with E-state index in [1.807, 2.05) is 25.1 Å². The second-order valence-corrected chi connectivity index (χ2v) is 4.79. The molecule has 1 saturated carbocycles. The van der Waals surface area contributed by atoms with Crippen molar-refractivity contribution in [1.82, 2.24) is 5.32 Å². The van der Waals surface area contributed by atoms with Gasteiger partial charge >= 0.3 is 0 Å². The highest BCUT2D eigenvalue weighted by molar-refractivity contribution is 5.81. The van der Waals surface area contributed by atoms with Crippen LogP contribution in [0, 0.1) is 13.8 Å². The standard InChI is InChI=1S/C14H19NO2/c1-9-4-7-13(8-10(9)2)17-11(3)14(16)15-12-5-6-12/h4,7-8,11-12H,5-6H2,1-3H3,(H,15,16)/t11-/m1/s1. The molecule has 3 heteroatoms. The molecule has 1 aliphatic rings. The molecular formula is C14H19NO2. The maximum Gasteiger partial charge on any atom is 0.260 e. The fraction of sp³-hybridized carbons (Fsp3) is 0.500. The van der Waals surface area contributed by atoms with Crippen molar-refractivity contribution in [2.24, 2.45) is 0 Å². The van der Waals surface area contributed by atoms with E-state index in [9.17, 15) is 4.79 Å². The Kier molecular flexibility index (Phi) is 3.36. The van der Waals surface area contributed by atoms with Gasteiger partial charge in [-0.3, -0.25) is 4.79 Å². The molecule has 0 aromatic heterocycles. The lowest BCUT2D eigenvalue weighted by atomic mass is 10.1. The molecule has 1 atom stereocenters. The molecule has 92 valence electrons. The van der Waals surface area contributed by atoms with Gasteiger partial charge < -0.3 is 10.1 Å². The number of hydrogen-bond donors (Lipinski definition) is 1. The van der Waals surface area contributed by atoms with Crippen LogP contribution in [0.15, 0.2) is 18.2 Å². The highest BCUT2D eigenvalue weighted by Gasteiger charge is 2.26. The number of carbonyl (C=O) groups excluding carboxylic acids is 1. The van der Waals surface area contributed by atoms with Crippen molar-refractivity contribution in [3.63, 3.8) is 0 Å². The Bertz CT molecular complexity index is 424. The molecule has 0 unspecified atom stereocenters. The Balaban J connectivity index is 1.94. The topological polar surface area (TPSA) is 38.3 Å². The third kappa shape index (κ3) is 3.22. The molecule has 1 aromatic rings. The summed E-state index contributed by atoms with van der Waals surface area (Å²) in [6.45, 7) is 5.88. The molecule has 3 nitrogen and oxygen atoms in total. The van der Waals surface area contributed by atoms with Gasteiger partial charge in [-0.25, -0.2) is 0 Å². The minimum absolute atomic E-state index is 0.0225. The van der Waals surface area contributed by atoms with E-state index in [-0.39, 0.29) is 5.91 Å². The van der Waals surface area contributed by atoms with Crippen LogP contribution in [-0.4, -0.2) is 18.1 Å². The molecule has 0 heterocycles. The number of carbonyl (C=O) groups is 1. The number of aryl methyl sites for hydroxylation is 2. The summed E-state index contributed by atoms with van der Waals surface area (Å²) in [5, 5.41) is 2.94. The molecule has 0 saturated heterocycles. The van der Waals surface area contributed by atoms with Crippen LogP contribution in [0.1, 0.15) is 30.9 Å². The van der Waals surface area contributed by atoms with E-state index in [4.69, 9.17) is 4.74 Å². The van der Waals surface area contributed by atoms with Crippen molar-refractivity contribution < 1.29 is 9.53 Å². The summed E-state index contributed by atoms with van der Waals surface area (Å²) in [5.41, 5.74) is 2.41. The third-order valence-electron chi connectivity index (χ3n) is 3.08. The Morgan fingerprint density at radius 2 is 2.06 bits per heavy atom. The quantitative estimate of drug-likeness (QED) is 0.867. The zero-order valence-electron chi connectivity index (χ0n) is 10.6. The van der Waals surface area contributed by atoms with Gasteiger partial charge in [0.25, 0.3) is 5.91 Å². The first-order valence-corrected chi connectivity index (χ1v) is 6.10. The Hall–Kier alpha value is -1.51. The largest absolute Gasteiger partial charge is 0.481 e. The third-order valence-corrected chi connectivity index (χ3v) is 3.08. The molecule has 1 fully saturated rings. The van der Waals surface area contributed by atoms with Gasteiger partial charge in [-0.1, -0.05) is 6.07 Å². The Morgan fingerprint density at radius 3 is 2.65 bits per heavy atom. The zero-order chi connectivity index (χ0) is 12.4. The predicted molar refractivity (Wildman–Crippen MR) is 67.2 cm³/mol. The average molecular weight is 233 g/mol. The molecule has 1 N–H and O–H groups in total. The van der Waals surface area contributed by atoms with Crippen molar-refractivity contribution in [3.05, 3.63) is 29.3 Å². The lowest BCUT2D eigenvalue weighted by Gasteiger charge is -2.15. The van der Waals surface area contributed by atoms with Crippen LogP contribution >= 0.6 is 0 Å². The first kappa shape index (κ1) is 12.0. The van der Waals surface area contributed by atoms with Gasteiger partial charge in [0.2, 0.25) is 0 Å². The number of hydrogen-bond acceptors (Lipinski definition) is 2. The van der Waals surface area contributed by atoms with Gasteiger partial charge in [0.1, 0.15) is 5.75 Å². The monoisotopic (exact) mass is 233 g/mol. The van der Waals surface area contributed by atoms with Gasteiger partial charge in [0.05, 0.1) is 0 Å². The van der Waals surface area contributed by atoms with Crippen molar-refractivity contribution in [1.29, 1.82) is 0 Å². The maximum absolute atomic E-state index is 11.7. The van der Waals surface area contributed by atoms with Crippen molar-refractivity contribution >= 4 is 5.91 Å². The normalized spacial score (nSPS) is 16.4. The predicted octanol–water partition coefficient (Wildman–Crippen LogP) is 2.35. The van der Waals surface area contributed by atoms with Crippen LogP contribution in [0.25, 0.3) is 0 Å². The molecule has 2 rings (SSSR count). The van der Waals surface area contributed by atoms with Crippen LogP contribution in [0.3, 0.4) is 0 Å². The maximum atomic E-state index is 11.7. The fourth-order valence-electron chi connectivity index (χ4n) is 1.59. The van der Waals surface area contributed by atoms with Gasteiger partial charge in [0, 0.05) is 6.04 Å². The van der Waals surface area contributed by atoms with Crippen molar-refractivity contribution in [2.75, 3.05) is 0 Å². The summed E-state index contributed by atoms with van der Waals surface area (Å²) in [4.78, 5) is 11.7.